The summed E-state index contributed by atoms with van der Waals surface area (Å²) in [7, 11) is 0. The van der Waals surface area contributed by atoms with Gasteiger partial charge in [0, 0.05) is 11.8 Å². The molecule has 0 saturated heterocycles. The van der Waals surface area contributed by atoms with Crippen LogP contribution in [-0.4, -0.2) is 39.6 Å². The van der Waals surface area contributed by atoms with Gasteiger partial charge >= 0.3 is 0 Å². The van der Waals surface area contributed by atoms with Crippen LogP contribution in [0.2, 0.25) is 0 Å². The summed E-state index contributed by atoms with van der Waals surface area (Å²) in [6.07, 6.45) is 8.13. The molecule has 2 atom stereocenters. The Morgan fingerprint density at radius 1 is 0.833 bits per heavy atom. The van der Waals surface area contributed by atoms with Gasteiger partial charge in [0.1, 0.15) is 0 Å². The lowest BCUT2D eigenvalue weighted by atomic mass is 9.89. The van der Waals surface area contributed by atoms with E-state index in [1.54, 1.807) is 0 Å². The summed E-state index contributed by atoms with van der Waals surface area (Å²) in [5, 5.41) is 0. The Labute approximate surface area is 184 Å². The lowest BCUT2D eigenvalue weighted by Crippen LogP contribution is -2.19. The maximum atomic E-state index is 5.88. The Balaban J connectivity index is 2.18. The van der Waals surface area contributed by atoms with Gasteiger partial charge in [-0.1, -0.05) is 88.9 Å². The molecular weight excluding hydrogens is 372 g/mol. The minimum atomic E-state index is 0.320. The highest BCUT2D eigenvalue weighted by molar-refractivity contribution is 5.22. The normalized spacial score (nSPS) is 14.2. The number of rotatable bonds is 16. The molecule has 3 nitrogen and oxygen atoms in total. The molecule has 0 spiro atoms. The van der Waals surface area contributed by atoms with E-state index in [1.807, 2.05) is 25.2 Å². The first kappa shape index (κ1) is 26.4. The fraction of sp³-hybridized carbons (Fsp3) is 0.556. The highest BCUT2D eigenvalue weighted by Gasteiger charge is 2.16. The molecule has 0 aliphatic carbocycles. The number of allylic oxidation sites excluding steroid dienone is 4. The summed E-state index contributed by atoms with van der Waals surface area (Å²) in [6.45, 7) is 18.9. The molecule has 1 aromatic carbocycles. The third-order valence-corrected chi connectivity index (χ3v) is 5.27. The van der Waals surface area contributed by atoms with Gasteiger partial charge in [0.05, 0.1) is 39.6 Å². The molecule has 0 radical (unpaired) electrons. The van der Waals surface area contributed by atoms with Crippen LogP contribution in [0.25, 0.3) is 0 Å². The molecule has 0 N–H and O–H groups in total. The van der Waals surface area contributed by atoms with Crippen molar-refractivity contribution in [3.63, 3.8) is 0 Å². The fourth-order valence-corrected chi connectivity index (χ4v) is 3.27. The van der Waals surface area contributed by atoms with Crippen molar-refractivity contribution in [2.75, 3.05) is 39.6 Å². The highest BCUT2D eigenvalue weighted by Crippen LogP contribution is 2.24. The van der Waals surface area contributed by atoms with Crippen LogP contribution >= 0.6 is 0 Å². The average molecular weight is 415 g/mol. The van der Waals surface area contributed by atoms with Crippen molar-refractivity contribution in [2.24, 2.45) is 17.8 Å². The Morgan fingerprint density at radius 3 is 2.00 bits per heavy atom. The molecule has 3 heteroatoms. The average Bonchev–Trinajstić information content (AvgIpc) is 2.72. The van der Waals surface area contributed by atoms with Crippen molar-refractivity contribution in [1.29, 1.82) is 0 Å². The smallest absolute Gasteiger partial charge is 0.0701 e. The third-order valence-electron chi connectivity index (χ3n) is 5.27. The molecule has 0 aromatic heterocycles. The second kappa shape index (κ2) is 16.1. The molecule has 1 unspecified atom stereocenters. The predicted octanol–water partition coefficient (Wildman–Crippen LogP) is 6.44. The van der Waals surface area contributed by atoms with Crippen LogP contribution in [0, 0.1) is 17.8 Å². The van der Waals surface area contributed by atoms with Gasteiger partial charge in [0.25, 0.3) is 0 Å². The molecule has 1 rings (SSSR count). The Morgan fingerprint density at radius 2 is 1.43 bits per heavy atom. The molecule has 0 saturated carbocycles. The van der Waals surface area contributed by atoms with E-state index in [0.29, 0.717) is 56.7 Å². The molecule has 0 bridgehead atoms. The van der Waals surface area contributed by atoms with Crippen molar-refractivity contribution in [3.8, 4) is 0 Å². The summed E-state index contributed by atoms with van der Waals surface area (Å²) in [5.41, 5.74) is 2.44. The number of hydrogen-bond donors (Lipinski definition) is 0. The van der Waals surface area contributed by atoms with Crippen LogP contribution in [0.5, 0.6) is 0 Å². The summed E-state index contributed by atoms with van der Waals surface area (Å²) in [4.78, 5) is 0. The van der Waals surface area contributed by atoms with Crippen molar-refractivity contribution >= 4 is 0 Å². The van der Waals surface area contributed by atoms with E-state index in [0.717, 1.165) is 12.2 Å². The largest absolute Gasteiger partial charge is 0.378 e. The summed E-state index contributed by atoms with van der Waals surface area (Å²) >= 11 is 0. The topological polar surface area (TPSA) is 27.7 Å². The van der Waals surface area contributed by atoms with Gasteiger partial charge < -0.3 is 14.2 Å². The van der Waals surface area contributed by atoms with E-state index >= 15 is 0 Å². The van der Waals surface area contributed by atoms with Gasteiger partial charge in [-0.2, -0.15) is 0 Å². The lowest BCUT2D eigenvalue weighted by molar-refractivity contribution is 0.00317. The number of benzene rings is 1. The van der Waals surface area contributed by atoms with Crippen LogP contribution < -0.4 is 0 Å². The van der Waals surface area contributed by atoms with Gasteiger partial charge in [-0.25, -0.2) is 0 Å². The third kappa shape index (κ3) is 10.9. The summed E-state index contributed by atoms with van der Waals surface area (Å²) in [6, 6.07) is 10.6. The Bertz CT molecular complexity index is 616. The van der Waals surface area contributed by atoms with Crippen molar-refractivity contribution in [1.82, 2.24) is 0 Å². The Hall–Kier alpha value is -1.68. The van der Waals surface area contributed by atoms with Crippen molar-refractivity contribution < 1.29 is 14.2 Å². The van der Waals surface area contributed by atoms with E-state index < -0.39 is 0 Å². The quantitative estimate of drug-likeness (QED) is 0.230. The van der Waals surface area contributed by atoms with Crippen LogP contribution in [0.3, 0.4) is 0 Å². The summed E-state index contributed by atoms with van der Waals surface area (Å²) < 4.78 is 17.4. The van der Waals surface area contributed by atoms with Crippen LogP contribution in [0.15, 0.2) is 66.8 Å². The standard InChI is InChI=1S/C27H42O3/c1-7-8-10-13-24(6)26(22(2)3)20-29-18-16-28-17-19-30-21-27(23(4)5)25-14-11-9-12-15-25/h7-15,22-23,26-27H,6,16-21H2,1-5H3/b8-7-,13-10-/t26-,27?/m0/s1. The number of hydrogen-bond acceptors (Lipinski definition) is 3. The molecular formula is C27H42O3. The van der Waals surface area contributed by atoms with Crippen molar-refractivity contribution in [3.05, 3.63) is 72.4 Å². The van der Waals surface area contributed by atoms with Gasteiger partial charge in [-0.3, -0.25) is 0 Å². The minimum absolute atomic E-state index is 0.320. The molecule has 168 valence electrons. The van der Waals surface area contributed by atoms with Gasteiger partial charge in [-0.15, -0.1) is 0 Å². The van der Waals surface area contributed by atoms with E-state index in [1.165, 1.54) is 5.56 Å². The predicted molar refractivity (Wildman–Crippen MR) is 128 cm³/mol. The lowest BCUT2D eigenvalue weighted by Gasteiger charge is -2.22. The molecule has 1 aromatic rings. The maximum Gasteiger partial charge on any atom is 0.0701 e. The zero-order valence-electron chi connectivity index (χ0n) is 19.7. The molecule has 0 amide bonds. The molecule has 0 aliphatic heterocycles. The van der Waals surface area contributed by atoms with E-state index in [4.69, 9.17) is 14.2 Å². The molecule has 0 heterocycles. The second-order valence-corrected chi connectivity index (χ2v) is 8.33. The van der Waals surface area contributed by atoms with Gasteiger partial charge in [0.2, 0.25) is 0 Å². The molecule has 30 heavy (non-hydrogen) atoms. The molecule has 0 aliphatic rings. The Kier molecular flexibility index (Phi) is 14.1. The second-order valence-electron chi connectivity index (χ2n) is 8.33. The first-order valence-corrected chi connectivity index (χ1v) is 11.2. The first-order valence-electron chi connectivity index (χ1n) is 11.2. The van der Waals surface area contributed by atoms with Crippen LogP contribution in [-0.2, 0) is 14.2 Å². The molecule has 0 fully saturated rings. The van der Waals surface area contributed by atoms with Crippen molar-refractivity contribution in [2.45, 2.75) is 40.5 Å². The zero-order chi connectivity index (χ0) is 22.2. The SMILES string of the molecule is C=C(/C=C\C=C/C)[C@@H](COCCOCCOCC(c1ccccc1)C(C)C)C(C)C. The van der Waals surface area contributed by atoms with E-state index in [9.17, 15) is 0 Å². The minimum Gasteiger partial charge on any atom is -0.378 e. The summed E-state index contributed by atoms with van der Waals surface area (Å²) in [5.74, 6) is 1.76. The van der Waals surface area contributed by atoms with Gasteiger partial charge in [0.15, 0.2) is 0 Å². The zero-order valence-corrected chi connectivity index (χ0v) is 19.7. The van der Waals surface area contributed by atoms with Gasteiger partial charge in [-0.05, 0) is 29.9 Å². The maximum absolute atomic E-state index is 5.88. The number of ether oxygens (including phenoxy) is 3. The highest BCUT2D eigenvalue weighted by atomic mass is 16.5. The van der Waals surface area contributed by atoms with Crippen LogP contribution in [0.1, 0.15) is 46.1 Å². The van der Waals surface area contributed by atoms with Crippen LogP contribution in [0.4, 0.5) is 0 Å². The first-order chi connectivity index (χ1) is 14.5. The van der Waals surface area contributed by atoms with E-state index in [-0.39, 0.29) is 0 Å². The monoisotopic (exact) mass is 414 g/mol. The van der Waals surface area contributed by atoms with E-state index in [2.05, 4.69) is 70.7 Å². The fourth-order valence-electron chi connectivity index (χ4n) is 3.27.